The molecular weight excluding hydrogens is 256 g/mol. The Hall–Kier alpha value is -1.10. The molecule has 2 saturated heterocycles. The van der Waals surface area contributed by atoms with Crippen LogP contribution in [0.5, 0.6) is 0 Å². The topological polar surface area (TPSA) is 58.6 Å². The predicted octanol–water partition coefficient (Wildman–Crippen LogP) is 1.18. The first-order valence-corrected chi connectivity index (χ1v) is 7.73. The lowest BCUT2D eigenvalue weighted by Crippen LogP contribution is -2.36. The normalized spacial score (nSPS) is 26.6. The molecule has 0 aromatic heterocycles. The lowest BCUT2D eigenvalue weighted by Gasteiger charge is -2.20. The molecule has 2 rings (SSSR count). The third-order valence-electron chi connectivity index (χ3n) is 4.05. The molecular formula is C15H26N2O3. The van der Waals surface area contributed by atoms with Gasteiger partial charge < -0.3 is 15.0 Å². The lowest BCUT2D eigenvalue weighted by molar-refractivity contribution is -0.129. The van der Waals surface area contributed by atoms with Crippen molar-refractivity contribution < 1.29 is 14.3 Å². The van der Waals surface area contributed by atoms with E-state index in [9.17, 15) is 9.59 Å². The Kier molecular flexibility index (Phi) is 5.40. The Morgan fingerprint density at radius 3 is 2.95 bits per heavy atom. The van der Waals surface area contributed by atoms with Crippen molar-refractivity contribution in [2.24, 2.45) is 11.8 Å². The highest BCUT2D eigenvalue weighted by Gasteiger charge is 2.35. The number of amides is 2. The summed E-state index contributed by atoms with van der Waals surface area (Å²) in [6, 6.07) is 0. The number of carbonyl (C=O) groups is 2. The van der Waals surface area contributed by atoms with E-state index < -0.39 is 0 Å². The van der Waals surface area contributed by atoms with Gasteiger partial charge in [-0.15, -0.1) is 0 Å². The Morgan fingerprint density at radius 1 is 1.50 bits per heavy atom. The van der Waals surface area contributed by atoms with Crippen molar-refractivity contribution in [2.75, 3.05) is 26.2 Å². The molecule has 0 saturated carbocycles. The van der Waals surface area contributed by atoms with Gasteiger partial charge in [0.25, 0.3) is 0 Å². The monoisotopic (exact) mass is 282 g/mol. The van der Waals surface area contributed by atoms with Gasteiger partial charge in [-0.3, -0.25) is 9.59 Å². The quantitative estimate of drug-likeness (QED) is 0.796. The van der Waals surface area contributed by atoms with Crippen LogP contribution in [-0.2, 0) is 14.3 Å². The van der Waals surface area contributed by atoms with Crippen LogP contribution >= 0.6 is 0 Å². The average Bonchev–Trinajstić information content (AvgIpc) is 3.00. The van der Waals surface area contributed by atoms with E-state index in [-0.39, 0.29) is 23.8 Å². The molecule has 114 valence electrons. The molecule has 20 heavy (non-hydrogen) atoms. The highest BCUT2D eigenvalue weighted by molar-refractivity contribution is 5.89. The molecule has 1 N–H and O–H groups in total. The van der Waals surface area contributed by atoms with Gasteiger partial charge in [-0.2, -0.15) is 0 Å². The number of hydrogen-bond acceptors (Lipinski definition) is 3. The first kappa shape index (κ1) is 15.3. The number of likely N-dealkylation sites (tertiary alicyclic amines) is 1. The predicted molar refractivity (Wildman–Crippen MR) is 76.1 cm³/mol. The van der Waals surface area contributed by atoms with Crippen molar-refractivity contribution in [3.63, 3.8) is 0 Å². The first-order chi connectivity index (χ1) is 9.56. The lowest BCUT2D eigenvalue weighted by atomic mass is 10.1. The van der Waals surface area contributed by atoms with Gasteiger partial charge in [-0.1, -0.05) is 13.8 Å². The van der Waals surface area contributed by atoms with E-state index >= 15 is 0 Å². The van der Waals surface area contributed by atoms with Crippen LogP contribution in [0.25, 0.3) is 0 Å². The molecule has 0 bridgehead atoms. The second-order valence-electron chi connectivity index (χ2n) is 6.31. The molecule has 2 atom stereocenters. The van der Waals surface area contributed by atoms with Crippen molar-refractivity contribution >= 4 is 11.8 Å². The van der Waals surface area contributed by atoms with E-state index in [1.807, 2.05) is 0 Å². The molecule has 5 nitrogen and oxygen atoms in total. The molecule has 2 unspecified atom stereocenters. The molecule has 0 radical (unpaired) electrons. The van der Waals surface area contributed by atoms with Gasteiger partial charge in [0, 0.05) is 32.7 Å². The summed E-state index contributed by atoms with van der Waals surface area (Å²) in [4.78, 5) is 25.8. The summed E-state index contributed by atoms with van der Waals surface area (Å²) in [5, 5.41) is 2.94. The molecule has 0 aromatic carbocycles. The Morgan fingerprint density at radius 2 is 2.30 bits per heavy atom. The summed E-state index contributed by atoms with van der Waals surface area (Å²) in [7, 11) is 0. The maximum absolute atomic E-state index is 12.0. The molecule has 2 amide bonds. The number of rotatable bonds is 6. The SMILES string of the molecule is CC(C)CCNC(=O)C1CC(=O)N(CC2CCCO2)C1. The fraction of sp³-hybridized carbons (Fsp3) is 0.867. The standard InChI is InChI=1S/C15H26N2O3/c1-11(2)5-6-16-15(19)12-8-14(18)17(9-12)10-13-4-3-7-20-13/h11-13H,3-10H2,1-2H3,(H,16,19). The fourth-order valence-corrected chi connectivity index (χ4v) is 2.79. The average molecular weight is 282 g/mol. The van der Waals surface area contributed by atoms with Crippen LogP contribution in [0.1, 0.15) is 39.5 Å². The van der Waals surface area contributed by atoms with E-state index in [2.05, 4.69) is 19.2 Å². The van der Waals surface area contributed by atoms with Gasteiger partial charge in [-0.25, -0.2) is 0 Å². The van der Waals surface area contributed by atoms with Crippen LogP contribution in [-0.4, -0.2) is 49.1 Å². The molecule has 0 spiro atoms. The maximum Gasteiger partial charge on any atom is 0.225 e. The minimum Gasteiger partial charge on any atom is -0.376 e. The Balaban J connectivity index is 1.74. The zero-order valence-corrected chi connectivity index (χ0v) is 12.6. The van der Waals surface area contributed by atoms with Crippen LogP contribution in [0.2, 0.25) is 0 Å². The number of hydrogen-bond donors (Lipinski definition) is 1. The minimum atomic E-state index is -0.184. The number of carbonyl (C=O) groups excluding carboxylic acids is 2. The highest BCUT2D eigenvalue weighted by Crippen LogP contribution is 2.21. The van der Waals surface area contributed by atoms with Crippen molar-refractivity contribution in [3.8, 4) is 0 Å². The number of nitrogens with zero attached hydrogens (tertiary/aromatic N) is 1. The van der Waals surface area contributed by atoms with Crippen molar-refractivity contribution in [2.45, 2.75) is 45.6 Å². The molecule has 2 heterocycles. The summed E-state index contributed by atoms with van der Waals surface area (Å²) in [6.07, 6.45) is 3.59. The molecule has 0 aliphatic carbocycles. The van der Waals surface area contributed by atoms with Crippen molar-refractivity contribution in [1.29, 1.82) is 0 Å². The zero-order valence-electron chi connectivity index (χ0n) is 12.6. The van der Waals surface area contributed by atoms with Crippen molar-refractivity contribution in [3.05, 3.63) is 0 Å². The largest absolute Gasteiger partial charge is 0.376 e. The van der Waals surface area contributed by atoms with Crippen LogP contribution < -0.4 is 5.32 Å². The molecule has 0 aromatic rings. The molecule has 2 aliphatic heterocycles. The van der Waals surface area contributed by atoms with Crippen LogP contribution in [0, 0.1) is 11.8 Å². The van der Waals surface area contributed by atoms with Gasteiger partial charge in [0.05, 0.1) is 12.0 Å². The number of nitrogens with one attached hydrogen (secondary N) is 1. The van der Waals surface area contributed by atoms with E-state index in [1.165, 1.54) is 0 Å². The van der Waals surface area contributed by atoms with Crippen molar-refractivity contribution in [1.82, 2.24) is 10.2 Å². The van der Waals surface area contributed by atoms with E-state index in [0.717, 1.165) is 25.9 Å². The molecule has 2 aliphatic rings. The van der Waals surface area contributed by atoms with E-state index in [1.54, 1.807) is 4.90 Å². The minimum absolute atomic E-state index is 0.0221. The van der Waals surface area contributed by atoms with E-state index in [0.29, 0.717) is 32.0 Å². The second-order valence-corrected chi connectivity index (χ2v) is 6.31. The zero-order chi connectivity index (χ0) is 14.5. The first-order valence-electron chi connectivity index (χ1n) is 7.73. The molecule has 2 fully saturated rings. The summed E-state index contributed by atoms with van der Waals surface area (Å²) in [5.41, 5.74) is 0. The number of ether oxygens (including phenoxy) is 1. The fourth-order valence-electron chi connectivity index (χ4n) is 2.79. The van der Waals surface area contributed by atoms with Gasteiger partial charge >= 0.3 is 0 Å². The van der Waals surface area contributed by atoms with Gasteiger partial charge in [0.1, 0.15) is 0 Å². The third kappa shape index (κ3) is 4.20. The second kappa shape index (κ2) is 7.07. The third-order valence-corrected chi connectivity index (χ3v) is 4.05. The summed E-state index contributed by atoms with van der Waals surface area (Å²) in [6.45, 7) is 6.96. The van der Waals surface area contributed by atoms with Gasteiger partial charge in [-0.05, 0) is 25.2 Å². The summed E-state index contributed by atoms with van der Waals surface area (Å²) in [5.74, 6) is 0.505. The van der Waals surface area contributed by atoms with Gasteiger partial charge in [0.2, 0.25) is 11.8 Å². The van der Waals surface area contributed by atoms with Crippen LogP contribution in [0.3, 0.4) is 0 Å². The Labute approximate surface area is 121 Å². The Bertz CT molecular complexity index is 351. The highest BCUT2D eigenvalue weighted by atomic mass is 16.5. The van der Waals surface area contributed by atoms with Crippen LogP contribution in [0.15, 0.2) is 0 Å². The van der Waals surface area contributed by atoms with Gasteiger partial charge in [0.15, 0.2) is 0 Å². The maximum atomic E-state index is 12.0. The molecule has 5 heteroatoms. The van der Waals surface area contributed by atoms with Crippen LogP contribution in [0.4, 0.5) is 0 Å². The summed E-state index contributed by atoms with van der Waals surface area (Å²) >= 11 is 0. The summed E-state index contributed by atoms with van der Waals surface area (Å²) < 4.78 is 5.56. The smallest absolute Gasteiger partial charge is 0.225 e. The van der Waals surface area contributed by atoms with E-state index in [4.69, 9.17) is 4.74 Å².